The number of carbonyl (C=O) groups is 3. The minimum absolute atomic E-state index is 0.190. The Morgan fingerprint density at radius 3 is 2.57 bits per heavy atom. The lowest BCUT2D eigenvalue weighted by Crippen LogP contribution is -2.31. The number of amides is 3. The van der Waals surface area contributed by atoms with Crippen LogP contribution < -0.4 is 19.7 Å². The number of hydrogen-bond acceptors (Lipinski definition) is 7. The first-order valence-electron chi connectivity index (χ1n) is 8.93. The maximum atomic E-state index is 13.0. The van der Waals surface area contributed by atoms with Gasteiger partial charge in [0.15, 0.2) is 5.17 Å². The van der Waals surface area contributed by atoms with E-state index < -0.39 is 17.7 Å². The molecule has 2 heterocycles. The molecule has 1 saturated heterocycles. The lowest BCUT2D eigenvalue weighted by atomic mass is 10.1. The van der Waals surface area contributed by atoms with Gasteiger partial charge in [0.1, 0.15) is 17.2 Å². The second kappa shape index (κ2) is 7.68. The van der Waals surface area contributed by atoms with Crippen LogP contribution in [0.25, 0.3) is 5.57 Å². The van der Waals surface area contributed by atoms with Crippen LogP contribution in [0.5, 0.6) is 11.5 Å². The largest absolute Gasteiger partial charge is 0.497 e. The van der Waals surface area contributed by atoms with Crippen LogP contribution in [0.2, 0.25) is 0 Å². The number of benzene rings is 2. The van der Waals surface area contributed by atoms with Crippen molar-refractivity contribution in [3.05, 3.63) is 52.9 Å². The van der Waals surface area contributed by atoms with E-state index in [4.69, 9.17) is 9.47 Å². The topological polar surface area (TPSA) is 97.3 Å². The van der Waals surface area contributed by atoms with E-state index in [1.807, 2.05) is 0 Å². The number of fused-ring (bicyclic) bond motifs is 1. The Morgan fingerprint density at radius 2 is 1.87 bits per heavy atom. The number of aliphatic imine (C=N–C) groups is 1. The van der Waals surface area contributed by atoms with Crippen molar-refractivity contribution in [2.24, 2.45) is 4.99 Å². The third-order valence-corrected chi connectivity index (χ3v) is 5.59. The molecular weight excluding hydrogens is 406 g/mol. The SMILES string of the molecule is COc1ccc(N=C2NC(=O)C(=C3C(=O)N(C(C)=O)c4ccccc43)S2)c(OC)c1. The standard InChI is InChI=1S/C21H17N3O5S/c1-11(25)24-15-7-5-4-6-13(15)17(20(24)27)18-19(26)23-21(30-18)22-14-9-8-12(28-2)10-16(14)29-3/h4-10H,1-3H3,(H,22,23,26). The number of thioether (sulfide) groups is 1. The molecule has 0 saturated carbocycles. The maximum absolute atomic E-state index is 13.0. The van der Waals surface area contributed by atoms with Gasteiger partial charge in [-0.15, -0.1) is 0 Å². The zero-order valence-corrected chi connectivity index (χ0v) is 17.2. The highest BCUT2D eigenvalue weighted by Crippen LogP contribution is 2.43. The minimum Gasteiger partial charge on any atom is -0.497 e. The highest BCUT2D eigenvalue weighted by atomic mass is 32.2. The fourth-order valence-corrected chi connectivity index (χ4v) is 4.20. The zero-order chi connectivity index (χ0) is 21.4. The molecule has 2 aliphatic heterocycles. The number of para-hydroxylation sites is 1. The molecule has 3 amide bonds. The van der Waals surface area contributed by atoms with Gasteiger partial charge in [0.05, 0.1) is 30.4 Å². The van der Waals surface area contributed by atoms with Crippen LogP contribution in [0.3, 0.4) is 0 Å². The van der Waals surface area contributed by atoms with Gasteiger partial charge in [0.2, 0.25) is 5.91 Å². The summed E-state index contributed by atoms with van der Waals surface area (Å²) in [4.78, 5) is 43.4. The molecule has 0 unspecified atom stereocenters. The number of hydrogen-bond donors (Lipinski definition) is 1. The fourth-order valence-electron chi connectivity index (χ4n) is 3.27. The number of imide groups is 1. The molecule has 0 aliphatic carbocycles. The predicted molar refractivity (Wildman–Crippen MR) is 114 cm³/mol. The van der Waals surface area contributed by atoms with Gasteiger partial charge >= 0.3 is 0 Å². The Morgan fingerprint density at radius 1 is 1.10 bits per heavy atom. The van der Waals surface area contributed by atoms with Gasteiger partial charge in [-0.25, -0.2) is 9.89 Å². The van der Waals surface area contributed by atoms with Crippen LogP contribution in [0, 0.1) is 0 Å². The predicted octanol–water partition coefficient (Wildman–Crippen LogP) is 2.86. The molecule has 0 spiro atoms. The Bertz CT molecular complexity index is 1160. The van der Waals surface area contributed by atoms with Gasteiger partial charge in [-0.1, -0.05) is 18.2 Å². The van der Waals surface area contributed by atoms with Crippen molar-refractivity contribution in [3.8, 4) is 11.5 Å². The van der Waals surface area contributed by atoms with E-state index in [2.05, 4.69) is 10.3 Å². The third kappa shape index (κ3) is 3.22. The average molecular weight is 423 g/mol. The summed E-state index contributed by atoms with van der Waals surface area (Å²) in [5.74, 6) is -0.301. The highest BCUT2D eigenvalue weighted by molar-refractivity contribution is 8.18. The summed E-state index contributed by atoms with van der Waals surface area (Å²) >= 11 is 1.04. The second-order valence-corrected chi connectivity index (χ2v) is 7.39. The molecule has 2 aromatic carbocycles. The number of nitrogens with zero attached hydrogens (tertiary/aromatic N) is 2. The Kier molecular flexibility index (Phi) is 5.04. The highest BCUT2D eigenvalue weighted by Gasteiger charge is 2.40. The van der Waals surface area contributed by atoms with Crippen LogP contribution in [-0.4, -0.2) is 37.1 Å². The van der Waals surface area contributed by atoms with Crippen molar-refractivity contribution in [1.82, 2.24) is 5.32 Å². The monoisotopic (exact) mass is 423 g/mol. The van der Waals surface area contributed by atoms with E-state index >= 15 is 0 Å². The van der Waals surface area contributed by atoms with Crippen molar-refractivity contribution in [2.75, 3.05) is 19.1 Å². The van der Waals surface area contributed by atoms with Crippen molar-refractivity contribution in [1.29, 1.82) is 0 Å². The summed E-state index contributed by atoms with van der Waals surface area (Å²) in [6, 6.07) is 12.0. The van der Waals surface area contributed by atoms with Crippen LogP contribution in [0.1, 0.15) is 12.5 Å². The molecule has 9 heteroatoms. The lowest BCUT2D eigenvalue weighted by molar-refractivity contribution is -0.122. The summed E-state index contributed by atoms with van der Waals surface area (Å²) in [5.41, 5.74) is 1.69. The molecule has 4 rings (SSSR count). The molecule has 2 aromatic rings. The van der Waals surface area contributed by atoms with Crippen LogP contribution in [0.15, 0.2) is 52.4 Å². The van der Waals surface area contributed by atoms with Gasteiger partial charge in [0, 0.05) is 18.6 Å². The van der Waals surface area contributed by atoms with Gasteiger partial charge < -0.3 is 14.8 Å². The molecule has 8 nitrogen and oxygen atoms in total. The Labute approximate surface area is 176 Å². The van der Waals surface area contributed by atoms with Crippen molar-refractivity contribution < 1.29 is 23.9 Å². The summed E-state index contributed by atoms with van der Waals surface area (Å²) in [6.45, 7) is 1.31. The number of methoxy groups -OCH3 is 2. The third-order valence-electron chi connectivity index (χ3n) is 4.61. The quantitative estimate of drug-likeness (QED) is 0.763. The zero-order valence-electron chi connectivity index (χ0n) is 16.4. The summed E-state index contributed by atoms with van der Waals surface area (Å²) in [5, 5.41) is 2.98. The summed E-state index contributed by atoms with van der Waals surface area (Å²) in [7, 11) is 3.06. The fraction of sp³-hybridized carbons (Fsp3) is 0.143. The second-order valence-electron chi connectivity index (χ2n) is 6.39. The first-order chi connectivity index (χ1) is 14.4. The van der Waals surface area contributed by atoms with E-state index in [-0.39, 0.29) is 10.5 Å². The number of nitrogens with one attached hydrogen (secondary N) is 1. The van der Waals surface area contributed by atoms with Gasteiger partial charge in [-0.2, -0.15) is 0 Å². The molecule has 0 atom stereocenters. The summed E-state index contributed by atoms with van der Waals surface area (Å²) in [6.07, 6.45) is 0. The van der Waals surface area contributed by atoms with E-state index in [9.17, 15) is 14.4 Å². The molecule has 1 fully saturated rings. The Balaban J connectivity index is 1.76. The first-order valence-corrected chi connectivity index (χ1v) is 9.75. The van der Waals surface area contributed by atoms with Crippen LogP contribution in [-0.2, 0) is 14.4 Å². The van der Waals surface area contributed by atoms with Crippen molar-refractivity contribution in [3.63, 3.8) is 0 Å². The van der Waals surface area contributed by atoms with E-state index in [1.54, 1.807) is 49.6 Å². The number of ether oxygens (including phenoxy) is 2. The van der Waals surface area contributed by atoms with Crippen molar-refractivity contribution >= 4 is 51.6 Å². The number of carbonyl (C=O) groups excluding carboxylic acids is 3. The van der Waals surface area contributed by atoms with Crippen LogP contribution in [0.4, 0.5) is 11.4 Å². The molecule has 0 bridgehead atoms. The molecule has 0 aromatic heterocycles. The Hall–Kier alpha value is -3.59. The number of rotatable bonds is 3. The van der Waals surface area contributed by atoms with E-state index in [1.165, 1.54) is 14.0 Å². The van der Waals surface area contributed by atoms with Crippen LogP contribution >= 0.6 is 11.8 Å². The number of anilines is 1. The molecule has 30 heavy (non-hydrogen) atoms. The average Bonchev–Trinajstić information content (AvgIpc) is 3.23. The molecule has 1 N–H and O–H groups in total. The number of amidine groups is 1. The lowest BCUT2D eigenvalue weighted by Gasteiger charge is -2.11. The summed E-state index contributed by atoms with van der Waals surface area (Å²) < 4.78 is 10.5. The minimum atomic E-state index is -0.523. The molecular formula is C21H17N3O5S. The first kappa shape index (κ1) is 19.7. The molecule has 2 aliphatic rings. The van der Waals surface area contributed by atoms with E-state index in [0.717, 1.165) is 16.7 Å². The molecule has 0 radical (unpaired) electrons. The van der Waals surface area contributed by atoms with Gasteiger partial charge in [-0.3, -0.25) is 14.4 Å². The van der Waals surface area contributed by atoms with Gasteiger partial charge in [0.25, 0.3) is 11.8 Å². The smallest absolute Gasteiger partial charge is 0.267 e. The molecule has 152 valence electrons. The normalized spacial score (nSPS) is 19.2. The van der Waals surface area contributed by atoms with Crippen molar-refractivity contribution in [2.45, 2.75) is 6.92 Å². The van der Waals surface area contributed by atoms with E-state index in [0.29, 0.717) is 33.6 Å². The van der Waals surface area contributed by atoms with Gasteiger partial charge in [-0.05, 0) is 30.0 Å². The maximum Gasteiger partial charge on any atom is 0.267 e.